The number of rotatable bonds is 3. The first-order chi connectivity index (χ1) is 13.8. The lowest BCUT2D eigenvalue weighted by atomic mass is 10.0. The van der Waals surface area contributed by atoms with Crippen LogP contribution in [0.15, 0.2) is 43.0 Å². The van der Waals surface area contributed by atoms with Crippen molar-refractivity contribution in [3.8, 4) is 10.6 Å². The van der Waals surface area contributed by atoms with Gasteiger partial charge in [-0.1, -0.05) is 12.1 Å². The van der Waals surface area contributed by atoms with E-state index in [1.807, 2.05) is 11.1 Å². The normalized spacial score (nSPS) is 15.7. The summed E-state index contributed by atoms with van der Waals surface area (Å²) in [6.07, 6.45) is 2.82. The Morgan fingerprint density at radius 1 is 1.17 bits per heavy atom. The quantitative estimate of drug-likeness (QED) is 0.611. The number of alkyl halides is 3. The third kappa shape index (κ3) is 4.05. The van der Waals surface area contributed by atoms with Crippen molar-refractivity contribution in [1.29, 1.82) is 0 Å². The molecule has 3 aromatic rings. The van der Waals surface area contributed by atoms with Gasteiger partial charge in [-0.25, -0.2) is 9.97 Å². The van der Waals surface area contributed by atoms with Crippen molar-refractivity contribution < 1.29 is 18.0 Å². The largest absolute Gasteiger partial charge is 0.416 e. The number of halogens is 3. The van der Waals surface area contributed by atoms with Crippen molar-refractivity contribution in [2.75, 3.05) is 13.1 Å². The third-order valence-corrected chi connectivity index (χ3v) is 6.34. The maximum Gasteiger partial charge on any atom is 0.416 e. The fraction of sp³-hybridized carbons (Fsp3) is 0.350. The van der Waals surface area contributed by atoms with Crippen LogP contribution in [0.5, 0.6) is 0 Å². The van der Waals surface area contributed by atoms with Crippen molar-refractivity contribution in [2.45, 2.75) is 32.0 Å². The summed E-state index contributed by atoms with van der Waals surface area (Å²) in [5, 5.41) is 0.549. The van der Waals surface area contributed by atoms with Gasteiger partial charge in [-0.15, -0.1) is 11.3 Å². The molecule has 1 fully saturated rings. The molecule has 1 aromatic carbocycles. The highest BCUT2D eigenvalue weighted by molar-refractivity contribution is 7.17. The minimum Gasteiger partial charge on any atom is -0.338 e. The molecule has 3 heterocycles. The Morgan fingerprint density at radius 2 is 1.86 bits per heavy atom. The van der Waals surface area contributed by atoms with Crippen molar-refractivity contribution in [2.24, 2.45) is 0 Å². The van der Waals surface area contributed by atoms with Gasteiger partial charge in [0, 0.05) is 37.1 Å². The lowest BCUT2D eigenvalue weighted by Gasteiger charge is -2.32. The van der Waals surface area contributed by atoms with E-state index < -0.39 is 11.7 Å². The fourth-order valence-electron chi connectivity index (χ4n) is 3.52. The number of carbonyl (C=O) groups is 1. The highest BCUT2D eigenvalue weighted by atomic mass is 32.1. The highest BCUT2D eigenvalue weighted by Crippen LogP contribution is 2.34. The molecule has 29 heavy (non-hydrogen) atoms. The Labute approximate surface area is 169 Å². The molecule has 0 N–H and O–H groups in total. The Bertz CT molecular complexity index is 988. The van der Waals surface area contributed by atoms with Crippen molar-refractivity contribution in [3.05, 3.63) is 59.1 Å². The molecule has 1 saturated heterocycles. The minimum atomic E-state index is -4.37. The van der Waals surface area contributed by atoms with Crippen LogP contribution in [-0.4, -0.2) is 38.4 Å². The summed E-state index contributed by atoms with van der Waals surface area (Å²) in [6.45, 7) is 3.05. The van der Waals surface area contributed by atoms with E-state index >= 15 is 0 Å². The highest BCUT2D eigenvalue weighted by Gasteiger charge is 2.30. The second-order valence-electron chi connectivity index (χ2n) is 7.04. The standard InChI is InChI=1S/C20H19F3N4OS/c1-13-17(19(28)26-9-6-16(7-10-26)27-11-8-24-12-27)29-18(25-13)14-2-4-15(5-3-14)20(21,22)23/h2-5,8,11-12,16H,6-7,9-10H2,1H3. The smallest absolute Gasteiger partial charge is 0.338 e. The maximum absolute atomic E-state index is 13.0. The maximum atomic E-state index is 13.0. The van der Waals surface area contributed by atoms with Gasteiger partial charge in [-0.05, 0) is 31.9 Å². The second kappa shape index (κ2) is 7.62. The van der Waals surface area contributed by atoms with E-state index in [4.69, 9.17) is 0 Å². The molecule has 1 aliphatic heterocycles. The van der Waals surface area contributed by atoms with Crippen LogP contribution >= 0.6 is 11.3 Å². The van der Waals surface area contributed by atoms with E-state index in [1.165, 1.54) is 23.5 Å². The van der Waals surface area contributed by atoms with E-state index in [2.05, 4.69) is 14.5 Å². The number of carbonyl (C=O) groups excluding carboxylic acids is 1. The third-order valence-electron chi connectivity index (χ3n) is 5.15. The molecule has 0 atom stereocenters. The molecular weight excluding hydrogens is 401 g/mol. The number of imidazole rings is 1. The molecule has 0 aliphatic carbocycles. The summed E-state index contributed by atoms with van der Waals surface area (Å²) in [4.78, 5) is 23.8. The number of piperidine rings is 1. The molecule has 0 spiro atoms. The zero-order valence-corrected chi connectivity index (χ0v) is 16.5. The molecular formula is C20H19F3N4OS. The van der Waals surface area contributed by atoms with Gasteiger partial charge in [0.15, 0.2) is 0 Å². The first-order valence-corrected chi connectivity index (χ1v) is 10.1. The number of hydrogen-bond donors (Lipinski definition) is 0. The average Bonchev–Trinajstić information content (AvgIpc) is 3.37. The molecule has 1 aliphatic rings. The predicted molar refractivity (Wildman–Crippen MR) is 104 cm³/mol. The van der Waals surface area contributed by atoms with Gasteiger partial charge >= 0.3 is 6.18 Å². The number of amides is 1. The van der Waals surface area contributed by atoms with Crippen LogP contribution in [0.1, 0.15) is 39.8 Å². The summed E-state index contributed by atoms with van der Waals surface area (Å²) in [5.41, 5.74) is 0.474. The lowest BCUT2D eigenvalue weighted by molar-refractivity contribution is -0.137. The number of aromatic nitrogens is 3. The molecule has 0 bridgehead atoms. The molecule has 5 nitrogen and oxygen atoms in total. The van der Waals surface area contributed by atoms with E-state index in [1.54, 1.807) is 19.4 Å². The van der Waals surface area contributed by atoms with Crippen LogP contribution in [0.3, 0.4) is 0 Å². The van der Waals surface area contributed by atoms with Gasteiger partial charge in [0.05, 0.1) is 17.6 Å². The van der Waals surface area contributed by atoms with Gasteiger partial charge in [-0.3, -0.25) is 4.79 Å². The summed E-state index contributed by atoms with van der Waals surface area (Å²) in [6, 6.07) is 5.20. The van der Waals surface area contributed by atoms with Crippen molar-refractivity contribution >= 4 is 17.2 Å². The van der Waals surface area contributed by atoms with E-state index in [-0.39, 0.29) is 5.91 Å². The SMILES string of the molecule is Cc1nc(-c2ccc(C(F)(F)F)cc2)sc1C(=O)N1CCC(n2ccnc2)CC1. The monoisotopic (exact) mass is 420 g/mol. The Morgan fingerprint density at radius 3 is 2.45 bits per heavy atom. The van der Waals surface area contributed by atoms with Crippen LogP contribution < -0.4 is 0 Å². The predicted octanol–water partition coefficient (Wildman–Crippen LogP) is 4.81. The zero-order chi connectivity index (χ0) is 20.6. The number of likely N-dealkylation sites (tertiary alicyclic amines) is 1. The summed E-state index contributed by atoms with van der Waals surface area (Å²) >= 11 is 1.23. The van der Waals surface area contributed by atoms with Gasteiger partial charge in [-0.2, -0.15) is 13.2 Å². The van der Waals surface area contributed by atoms with Crippen LogP contribution in [0.4, 0.5) is 13.2 Å². The number of nitrogens with zero attached hydrogens (tertiary/aromatic N) is 4. The Balaban J connectivity index is 1.47. The molecule has 9 heteroatoms. The van der Waals surface area contributed by atoms with E-state index in [9.17, 15) is 18.0 Å². The van der Waals surface area contributed by atoms with Crippen molar-refractivity contribution in [1.82, 2.24) is 19.4 Å². The lowest BCUT2D eigenvalue weighted by Crippen LogP contribution is -2.38. The molecule has 4 rings (SSSR count). The van der Waals surface area contributed by atoms with Crippen molar-refractivity contribution in [3.63, 3.8) is 0 Å². The number of thiazole rings is 1. The van der Waals surface area contributed by atoms with Gasteiger partial charge < -0.3 is 9.47 Å². The van der Waals surface area contributed by atoms with Gasteiger partial charge in [0.25, 0.3) is 5.91 Å². The average molecular weight is 420 g/mol. The van der Waals surface area contributed by atoms with Crippen LogP contribution in [0.2, 0.25) is 0 Å². The summed E-state index contributed by atoms with van der Waals surface area (Å²) in [7, 11) is 0. The van der Waals surface area contributed by atoms with E-state index in [0.717, 1.165) is 25.0 Å². The summed E-state index contributed by atoms with van der Waals surface area (Å²) < 4.78 is 40.3. The molecule has 152 valence electrons. The van der Waals surface area contributed by atoms with Gasteiger partial charge in [0.1, 0.15) is 9.88 Å². The zero-order valence-electron chi connectivity index (χ0n) is 15.7. The first-order valence-electron chi connectivity index (χ1n) is 9.24. The Hall–Kier alpha value is -2.68. The van der Waals surface area contributed by atoms with Crippen LogP contribution in [0.25, 0.3) is 10.6 Å². The summed E-state index contributed by atoms with van der Waals surface area (Å²) in [5.74, 6) is -0.0674. The molecule has 1 amide bonds. The van der Waals surface area contributed by atoms with Gasteiger partial charge in [0.2, 0.25) is 0 Å². The topological polar surface area (TPSA) is 51.0 Å². The minimum absolute atomic E-state index is 0.0674. The molecule has 0 saturated carbocycles. The first kappa shape index (κ1) is 19.6. The van der Waals surface area contributed by atoms with E-state index in [0.29, 0.717) is 40.3 Å². The van der Waals surface area contributed by atoms with Crippen LogP contribution in [0, 0.1) is 6.92 Å². The fourth-order valence-corrected chi connectivity index (χ4v) is 4.56. The Kier molecular flexibility index (Phi) is 5.16. The van der Waals surface area contributed by atoms with Crippen LogP contribution in [-0.2, 0) is 6.18 Å². The second-order valence-corrected chi connectivity index (χ2v) is 8.04. The number of benzene rings is 1. The molecule has 0 radical (unpaired) electrons. The number of aryl methyl sites for hydroxylation is 1. The molecule has 0 unspecified atom stereocenters. The molecule has 2 aromatic heterocycles. The number of hydrogen-bond acceptors (Lipinski definition) is 4.